The Hall–Kier alpha value is -0.120. The van der Waals surface area contributed by atoms with Gasteiger partial charge in [0.2, 0.25) is 0 Å². The smallest absolute Gasteiger partial charge is 0.0639 e. The molecule has 0 radical (unpaired) electrons. The number of likely N-dealkylation sites (tertiary alicyclic amines) is 1. The Kier molecular flexibility index (Phi) is 3.50. The van der Waals surface area contributed by atoms with Gasteiger partial charge in [0.15, 0.2) is 0 Å². The van der Waals surface area contributed by atoms with Gasteiger partial charge in [-0.05, 0) is 32.7 Å². The Balaban J connectivity index is 2.26. The SMILES string of the molecule is CC(O)C1CCN(C[C@@H](C)O)C1. The van der Waals surface area contributed by atoms with Crippen molar-refractivity contribution in [2.75, 3.05) is 19.6 Å². The number of hydrogen-bond acceptors (Lipinski definition) is 3. The second-order valence-corrected chi connectivity index (χ2v) is 3.90. The van der Waals surface area contributed by atoms with Gasteiger partial charge in [-0.15, -0.1) is 0 Å². The number of aliphatic hydroxyl groups excluding tert-OH is 2. The third kappa shape index (κ3) is 2.73. The minimum Gasteiger partial charge on any atom is -0.393 e. The highest BCUT2D eigenvalue weighted by Crippen LogP contribution is 2.19. The maximum atomic E-state index is 9.31. The summed E-state index contributed by atoms with van der Waals surface area (Å²) in [5.41, 5.74) is 0. The Morgan fingerprint density at radius 3 is 2.50 bits per heavy atom. The lowest BCUT2D eigenvalue weighted by Gasteiger charge is -2.18. The second kappa shape index (κ2) is 4.21. The third-order valence-corrected chi connectivity index (χ3v) is 2.51. The van der Waals surface area contributed by atoms with Gasteiger partial charge in [0.05, 0.1) is 12.2 Å². The predicted molar refractivity (Wildman–Crippen MR) is 47.9 cm³/mol. The van der Waals surface area contributed by atoms with E-state index in [1.807, 2.05) is 6.92 Å². The molecule has 12 heavy (non-hydrogen) atoms. The summed E-state index contributed by atoms with van der Waals surface area (Å²) in [7, 11) is 0. The quantitative estimate of drug-likeness (QED) is 0.635. The molecule has 1 rings (SSSR count). The van der Waals surface area contributed by atoms with Crippen LogP contribution in [0.4, 0.5) is 0 Å². The van der Waals surface area contributed by atoms with Crippen molar-refractivity contribution >= 4 is 0 Å². The van der Waals surface area contributed by atoms with E-state index in [0.29, 0.717) is 5.92 Å². The maximum Gasteiger partial charge on any atom is 0.0639 e. The van der Waals surface area contributed by atoms with Crippen LogP contribution >= 0.6 is 0 Å². The van der Waals surface area contributed by atoms with Crippen molar-refractivity contribution in [1.29, 1.82) is 0 Å². The van der Waals surface area contributed by atoms with E-state index in [1.54, 1.807) is 6.92 Å². The zero-order chi connectivity index (χ0) is 9.14. The summed E-state index contributed by atoms with van der Waals surface area (Å²) in [5, 5.41) is 18.4. The van der Waals surface area contributed by atoms with Gasteiger partial charge in [-0.25, -0.2) is 0 Å². The Morgan fingerprint density at radius 1 is 1.42 bits per heavy atom. The molecule has 0 aromatic carbocycles. The highest BCUT2D eigenvalue weighted by atomic mass is 16.3. The number of aliphatic hydroxyl groups is 2. The first-order valence-electron chi connectivity index (χ1n) is 4.68. The molecule has 1 heterocycles. The van der Waals surface area contributed by atoms with Crippen molar-refractivity contribution in [3.8, 4) is 0 Å². The van der Waals surface area contributed by atoms with Crippen molar-refractivity contribution < 1.29 is 10.2 Å². The van der Waals surface area contributed by atoms with Gasteiger partial charge in [0.25, 0.3) is 0 Å². The zero-order valence-corrected chi connectivity index (χ0v) is 7.90. The lowest BCUT2D eigenvalue weighted by Crippen LogP contribution is -2.30. The average Bonchev–Trinajstić information content (AvgIpc) is 2.34. The molecule has 1 fully saturated rings. The first kappa shape index (κ1) is 9.96. The first-order chi connectivity index (χ1) is 5.59. The van der Waals surface area contributed by atoms with Crippen LogP contribution in [0.15, 0.2) is 0 Å². The second-order valence-electron chi connectivity index (χ2n) is 3.90. The Labute approximate surface area is 74.0 Å². The third-order valence-electron chi connectivity index (χ3n) is 2.51. The van der Waals surface area contributed by atoms with E-state index in [1.165, 1.54) is 0 Å². The van der Waals surface area contributed by atoms with Crippen LogP contribution in [0.25, 0.3) is 0 Å². The number of nitrogens with zero attached hydrogens (tertiary/aromatic N) is 1. The molecule has 0 bridgehead atoms. The molecule has 0 saturated carbocycles. The topological polar surface area (TPSA) is 43.7 Å². The van der Waals surface area contributed by atoms with Gasteiger partial charge >= 0.3 is 0 Å². The van der Waals surface area contributed by atoms with Crippen LogP contribution in [-0.4, -0.2) is 47.0 Å². The van der Waals surface area contributed by atoms with E-state index in [-0.39, 0.29) is 12.2 Å². The monoisotopic (exact) mass is 173 g/mol. The highest BCUT2D eigenvalue weighted by molar-refractivity contribution is 4.79. The van der Waals surface area contributed by atoms with Crippen LogP contribution in [-0.2, 0) is 0 Å². The molecule has 0 aromatic heterocycles. The summed E-state index contributed by atoms with van der Waals surface area (Å²) < 4.78 is 0. The Morgan fingerprint density at radius 2 is 2.08 bits per heavy atom. The van der Waals surface area contributed by atoms with Crippen molar-refractivity contribution in [3.63, 3.8) is 0 Å². The molecule has 0 amide bonds. The van der Waals surface area contributed by atoms with Crippen LogP contribution in [0.1, 0.15) is 20.3 Å². The predicted octanol–water partition coefficient (Wildman–Crippen LogP) is 0.0699. The van der Waals surface area contributed by atoms with Crippen molar-refractivity contribution in [2.24, 2.45) is 5.92 Å². The van der Waals surface area contributed by atoms with E-state index in [0.717, 1.165) is 26.1 Å². The summed E-state index contributed by atoms with van der Waals surface area (Å²) in [6.07, 6.45) is 0.603. The lowest BCUT2D eigenvalue weighted by atomic mass is 10.0. The summed E-state index contributed by atoms with van der Waals surface area (Å²) in [6.45, 7) is 6.33. The molecular formula is C9H19NO2. The number of hydrogen-bond donors (Lipinski definition) is 2. The van der Waals surface area contributed by atoms with Crippen LogP contribution in [0.3, 0.4) is 0 Å². The van der Waals surface area contributed by atoms with E-state index < -0.39 is 0 Å². The first-order valence-corrected chi connectivity index (χ1v) is 4.68. The van der Waals surface area contributed by atoms with Gasteiger partial charge in [-0.2, -0.15) is 0 Å². The summed E-state index contributed by atoms with van der Waals surface area (Å²) >= 11 is 0. The van der Waals surface area contributed by atoms with E-state index in [2.05, 4.69) is 4.90 Å². The van der Waals surface area contributed by atoms with Gasteiger partial charge in [-0.3, -0.25) is 0 Å². The van der Waals surface area contributed by atoms with E-state index >= 15 is 0 Å². The summed E-state index contributed by atoms with van der Waals surface area (Å²) in [4.78, 5) is 2.21. The molecule has 3 atom stereocenters. The maximum absolute atomic E-state index is 9.31. The highest BCUT2D eigenvalue weighted by Gasteiger charge is 2.26. The fraction of sp³-hybridized carbons (Fsp3) is 1.00. The van der Waals surface area contributed by atoms with E-state index in [4.69, 9.17) is 5.11 Å². The van der Waals surface area contributed by atoms with Crippen molar-refractivity contribution in [2.45, 2.75) is 32.5 Å². The molecule has 2 N–H and O–H groups in total. The zero-order valence-electron chi connectivity index (χ0n) is 7.90. The minimum absolute atomic E-state index is 0.205. The molecule has 3 nitrogen and oxygen atoms in total. The normalized spacial score (nSPS) is 30.5. The molecular weight excluding hydrogens is 154 g/mol. The number of rotatable bonds is 3. The average molecular weight is 173 g/mol. The van der Waals surface area contributed by atoms with E-state index in [9.17, 15) is 5.11 Å². The largest absolute Gasteiger partial charge is 0.393 e. The number of β-amino-alcohol motifs (C(OH)–C–C–N with tert-alkyl or cyclic N) is 1. The molecule has 0 aromatic rings. The molecule has 1 aliphatic rings. The van der Waals surface area contributed by atoms with Gasteiger partial charge < -0.3 is 15.1 Å². The van der Waals surface area contributed by atoms with Gasteiger partial charge in [0, 0.05) is 13.1 Å². The van der Waals surface area contributed by atoms with Crippen LogP contribution < -0.4 is 0 Å². The van der Waals surface area contributed by atoms with Gasteiger partial charge in [-0.1, -0.05) is 0 Å². The van der Waals surface area contributed by atoms with Crippen LogP contribution in [0, 0.1) is 5.92 Å². The molecule has 1 aliphatic heterocycles. The Bertz CT molecular complexity index is 136. The summed E-state index contributed by atoms with van der Waals surface area (Å²) in [6, 6.07) is 0. The minimum atomic E-state index is -0.252. The van der Waals surface area contributed by atoms with Crippen molar-refractivity contribution in [1.82, 2.24) is 4.90 Å². The van der Waals surface area contributed by atoms with Crippen LogP contribution in [0.5, 0.6) is 0 Å². The fourth-order valence-electron chi connectivity index (χ4n) is 1.80. The molecule has 1 saturated heterocycles. The molecule has 0 aliphatic carbocycles. The lowest BCUT2D eigenvalue weighted by molar-refractivity contribution is 0.111. The standard InChI is InChI=1S/C9H19NO2/c1-7(11)5-10-4-3-9(6-10)8(2)12/h7-9,11-12H,3-6H2,1-2H3/t7-,8?,9?/m1/s1. The van der Waals surface area contributed by atoms with Crippen molar-refractivity contribution in [3.05, 3.63) is 0 Å². The molecule has 2 unspecified atom stereocenters. The van der Waals surface area contributed by atoms with Gasteiger partial charge in [0.1, 0.15) is 0 Å². The van der Waals surface area contributed by atoms with Crippen LogP contribution in [0.2, 0.25) is 0 Å². The molecule has 3 heteroatoms. The molecule has 72 valence electrons. The fourth-order valence-corrected chi connectivity index (χ4v) is 1.80. The summed E-state index contributed by atoms with van der Waals surface area (Å²) in [5.74, 6) is 0.406. The molecule has 0 spiro atoms.